The van der Waals surface area contributed by atoms with Crippen molar-refractivity contribution in [1.29, 1.82) is 0 Å². The van der Waals surface area contributed by atoms with Gasteiger partial charge in [0.2, 0.25) is 11.9 Å². The lowest BCUT2D eigenvalue weighted by atomic mass is 10.00. The summed E-state index contributed by atoms with van der Waals surface area (Å²) in [7, 11) is 0. The van der Waals surface area contributed by atoms with E-state index in [1.165, 1.54) is 16.7 Å². The van der Waals surface area contributed by atoms with Crippen molar-refractivity contribution < 1.29 is 0 Å². The third-order valence-corrected chi connectivity index (χ3v) is 4.92. The molecule has 1 aliphatic heterocycles. The van der Waals surface area contributed by atoms with Gasteiger partial charge in [-0.25, -0.2) is 0 Å². The summed E-state index contributed by atoms with van der Waals surface area (Å²) in [6.07, 6.45) is 1.98. The topological polar surface area (TPSA) is 80.0 Å². The maximum atomic E-state index is 5.94. The highest BCUT2D eigenvalue weighted by molar-refractivity contribution is 5.58. The fraction of sp³-hybridized carbons (Fsp3) is 0.286. The van der Waals surface area contributed by atoms with Crippen LogP contribution in [0.4, 0.5) is 17.6 Å². The Morgan fingerprint density at radius 2 is 1.78 bits per heavy atom. The maximum Gasteiger partial charge on any atom is 0.232 e. The first-order chi connectivity index (χ1) is 13.2. The van der Waals surface area contributed by atoms with E-state index < -0.39 is 0 Å². The second kappa shape index (κ2) is 7.72. The van der Waals surface area contributed by atoms with Crippen LogP contribution in [0.1, 0.15) is 29.4 Å². The number of aromatic nitrogens is 3. The van der Waals surface area contributed by atoms with E-state index >= 15 is 0 Å². The number of nitrogens with zero attached hydrogens (tertiary/aromatic N) is 4. The Labute approximate surface area is 159 Å². The van der Waals surface area contributed by atoms with Crippen LogP contribution < -0.4 is 11.1 Å². The fourth-order valence-electron chi connectivity index (χ4n) is 3.52. The lowest BCUT2D eigenvalue weighted by Crippen LogP contribution is -2.31. The van der Waals surface area contributed by atoms with Crippen LogP contribution in [0.3, 0.4) is 0 Å². The Balaban J connectivity index is 1.51. The molecule has 0 fully saturated rings. The van der Waals surface area contributed by atoms with Gasteiger partial charge in [0.25, 0.3) is 0 Å². The van der Waals surface area contributed by atoms with E-state index in [0.29, 0.717) is 18.3 Å². The highest BCUT2D eigenvalue weighted by atomic mass is 15.2. The van der Waals surface area contributed by atoms with Gasteiger partial charge in [0.1, 0.15) is 5.82 Å². The molecule has 0 unspecified atom stereocenters. The predicted molar refractivity (Wildman–Crippen MR) is 108 cm³/mol. The molecule has 1 aromatic heterocycles. The highest BCUT2D eigenvalue weighted by Gasteiger charge is 2.17. The lowest BCUT2D eigenvalue weighted by Gasteiger charge is -2.28. The molecule has 0 amide bonds. The molecular weight excluding hydrogens is 336 g/mol. The van der Waals surface area contributed by atoms with Crippen molar-refractivity contribution in [1.82, 2.24) is 19.9 Å². The Hall–Kier alpha value is -2.99. The normalized spacial score (nSPS) is 14.0. The zero-order valence-corrected chi connectivity index (χ0v) is 15.5. The molecule has 27 heavy (non-hydrogen) atoms. The summed E-state index contributed by atoms with van der Waals surface area (Å²) < 4.78 is 0. The molecule has 0 radical (unpaired) electrons. The molecular formula is C21H24N6. The van der Waals surface area contributed by atoms with Crippen molar-refractivity contribution in [3.63, 3.8) is 0 Å². The molecule has 6 nitrogen and oxygen atoms in total. The van der Waals surface area contributed by atoms with Crippen molar-refractivity contribution in [2.75, 3.05) is 17.6 Å². The van der Waals surface area contributed by atoms with Crippen molar-refractivity contribution in [2.24, 2.45) is 0 Å². The Bertz CT molecular complexity index is 939. The molecule has 0 spiro atoms. The molecule has 4 rings (SSSR count). The minimum Gasteiger partial charge on any atom is -0.368 e. The van der Waals surface area contributed by atoms with Gasteiger partial charge in [0.15, 0.2) is 0 Å². The van der Waals surface area contributed by atoms with E-state index in [9.17, 15) is 0 Å². The quantitative estimate of drug-likeness (QED) is 0.727. The molecule has 0 atom stereocenters. The van der Waals surface area contributed by atoms with Crippen molar-refractivity contribution in [2.45, 2.75) is 32.9 Å². The molecule has 1 aliphatic rings. The molecule has 0 aliphatic carbocycles. The van der Waals surface area contributed by atoms with Crippen LogP contribution in [0.5, 0.6) is 0 Å². The second-order valence-corrected chi connectivity index (χ2v) is 6.80. The van der Waals surface area contributed by atoms with Crippen LogP contribution >= 0.6 is 0 Å². The summed E-state index contributed by atoms with van der Waals surface area (Å²) in [6, 6.07) is 16.8. The van der Waals surface area contributed by atoms with E-state index in [2.05, 4.69) is 62.4 Å². The Morgan fingerprint density at radius 3 is 2.63 bits per heavy atom. The fourth-order valence-corrected chi connectivity index (χ4v) is 3.52. The van der Waals surface area contributed by atoms with Crippen LogP contribution in [-0.2, 0) is 25.9 Å². The summed E-state index contributed by atoms with van der Waals surface area (Å²) in [5.41, 5.74) is 11.0. The Morgan fingerprint density at radius 1 is 1.00 bits per heavy atom. The maximum absolute atomic E-state index is 5.94. The van der Waals surface area contributed by atoms with E-state index in [1.54, 1.807) is 0 Å². The summed E-state index contributed by atoms with van der Waals surface area (Å²) in [5.74, 6) is 1.43. The largest absolute Gasteiger partial charge is 0.368 e. The number of aryl methyl sites for hydroxylation is 1. The second-order valence-electron chi connectivity index (χ2n) is 6.80. The van der Waals surface area contributed by atoms with Gasteiger partial charge in [-0.2, -0.15) is 15.0 Å². The summed E-state index contributed by atoms with van der Waals surface area (Å²) >= 11 is 0. The van der Waals surface area contributed by atoms with Crippen molar-refractivity contribution in [3.05, 3.63) is 71.0 Å². The zero-order chi connectivity index (χ0) is 18.6. The molecule has 3 aromatic rings. The lowest BCUT2D eigenvalue weighted by molar-refractivity contribution is 0.239. The van der Waals surface area contributed by atoms with E-state index in [1.807, 2.05) is 18.2 Å². The predicted octanol–water partition coefficient (Wildman–Crippen LogP) is 3.32. The number of hydrogen-bond acceptors (Lipinski definition) is 6. The average Bonchev–Trinajstić information content (AvgIpc) is 2.68. The highest BCUT2D eigenvalue weighted by Crippen LogP contribution is 2.21. The van der Waals surface area contributed by atoms with Crippen LogP contribution in [0, 0.1) is 0 Å². The van der Waals surface area contributed by atoms with E-state index in [-0.39, 0.29) is 5.95 Å². The van der Waals surface area contributed by atoms with Gasteiger partial charge in [0, 0.05) is 18.8 Å². The molecule has 138 valence electrons. The third kappa shape index (κ3) is 4.06. The summed E-state index contributed by atoms with van der Waals surface area (Å²) in [4.78, 5) is 15.5. The smallest absolute Gasteiger partial charge is 0.232 e. The minimum absolute atomic E-state index is 0.244. The standard InChI is InChI=1S/C21H24N6/c1-2-15-7-5-6-10-18(15)23-21-25-19(24-20(22)26-21)14-27-12-11-16-8-3-4-9-17(16)13-27/h3-10H,2,11-14H2,1H3,(H3,22,23,24,25,26). The van der Waals surface area contributed by atoms with Crippen LogP contribution in [0.25, 0.3) is 0 Å². The summed E-state index contributed by atoms with van der Waals surface area (Å²) in [6.45, 7) is 4.68. The number of nitrogens with two attached hydrogens (primary N) is 1. The van der Waals surface area contributed by atoms with Crippen LogP contribution in [0.15, 0.2) is 48.5 Å². The number of para-hydroxylation sites is 1. The van der Waals surface area contributed by atoms with Crippen LogP contribution in [0.2, 0.25) is 0 Å². The van der Waals surface area contributed by atoms with Gasteiger partial charge >= 0.3 is 0 Å². The molecule has 0 bridgehead atoms. The SMILES string of the molecule is CCc1ccccc1Nc1nc(N)nc(CN2CCc3ccccc3C2)n1. The Kier molecular flexibility index (Phi) is 4.98. The number of hydrogen-bond donors (Lipinski definition) is 2. The van der Waals surface area contributed by atoms with Gasteiger partial charge < -0.3 is 11.1 Å². The molecule has 6 heteroatoms. The zero-order valence-electron chi connectivity index (χ0n) is 15.5. The summed E-state index contributed by atoms with van der Waals surface area (Å²) in [5, 5.41) is 3.30. The van der Waals surface area contributed by atoms with Crippen molar-refractivity contribution >= 4 is 17.6 Å². The van der Waals surface area contributed by atoms with E-state index in [0.717, 1.165) is 31.6 Å². The number of rotatable bonds is 5. The number of anilines is 3. The number of nitrogens with one attached hydrogen (secondary N) is 1. The van der Waals surface area contributed by atoms with Gasteiger partial charge in [-0.05, 0) is 35.6 Å². The molecule has 0 saturated heterocycles. The number of fused-ring (bicyclic) bond motifs is 1. The van der Waals surface area contributed by atoms with Gasteiger partial charge in [-0.15, -0.1) is 0 Å². The first-order valence-electron chi connectivity index (χ1n) is 9.36. The molecule has 0 saturated carbocycles. The first-order valence-corrected chi connectivity index (χ1v) is 9.36. The van der Waals surface area contributed by atoms with Gasteiger partial charge in [-0.1, -0.05) is 49.4 Å². The van der Waals surface area contributed by atoms with E-state index in [4.69, 9.17) is 5.73 Å². The minimum atomic E-state index is 0.244. The molecule has 2 aromatic carbocycles. The first kappa shape index (κ1) is 17.4. The van der Waals surface area contributed by atoms with Gasteiger partial charge in [0.05, 0.1) is 6.54 Å². The van der Waals surface area contributed by atoms with Crippen molar-refractivity contribution in [3.8, 4) is 0 Å². The average molecular weight is 360 g/mol. The molecule has 3 N–H and O–H groups in total. The number of benzene rings is 2. The monoisotopic (exact) mass is 360 g/mol. The van der Waals surface area contributed by atoms with Crippen LogP contribution in [-0.4, -0.2) is 26.4 Å². The molecule has 2 heterocycles. The van der Waals surface area contributed by atoms with Gasteiger partial charge in [-0.3, -0.25) is 4.90 Å². The third-order valence-electron chi connectivity index (χ3n) is 4.92. The number of nitrogen functional groups attached to an aromatic ring is 1.